The largest absolute Gasteiger partial charge is 0.488 e. The lowest BCUT2D eigenvalue weighted by Gasteiger charge is -2.14. The van der Waals surface area contributed by atoms with Crippen molar-refractivity contribution in [3.8, 4) is 5.75 Å². The average molecular weight is 368 g/mol. The van der Waals surface area contributed by atoms with E-state index >= 15 is 0 Å². The Hall–Kier alpha value is -3.09. The number of rotatable bonds is 7. The summed E-state index contributed by atoms with van der Waals surface area (Å²) in [6.45, 7) is 8.47. The Bertz CT molecular complexity index is 895. The van der Waals surface area contributed by atoms with Gasteiger partial charge in [-0.1, -0.05) is 23.4 Å². The quantitative estimate of drug-likeness (QED) is 0.692. The second kappa shape index (κ2) is 8.07. The van der Waals surface area contributed by atoms with Crippen molar-refractivity contribution < 1.29 is 14.1 Å². The molecule has 1 aromatic carbocycles. The van der Waals surface area contributed by atoms with Crippen molar-refractivity contribution in [1.82, 2.24) is 20.3 Å². The molecule has 27 heavy (non-hydrogen) atoms. The Morgan fingerprint density at radius 3 is 2.67 bits per heavy atom. The Balaban J connectivity index is 1.69. The first kappa shape index (κ1) is 18.7. The highest BCUT2D eigenvalue weighted by Crippen LogP contribution is 2.25. The topological polar surface area (TPSA) is 82.2 Å². The molecule has 0 bridgehead atoms. The van der Waals surface area contributed by atoms with E-state index in [1.807, 2.05) is 51.2 Å². The van der Waals surface area contributed by atoms with Crippen LogP contribution in [0.5, 0.6) is 5.75 Å². The molecule has 0 aliphatic heterocycles. The molecule has 7 nitrogen and oxygen atoms in total. The number of hydrogen-bond donors (Lipinski definition) is 1. The Morgan fingerprint density at radius 1 is 1.26 bits per heavy atom. The zero-order chi connectivity index (χ0) is 19.4. The fraction of sp³-hybridized carbons (Fsp3) is 0.350. The maximum atomic E-state index is 12.6. The first-order valence-electron chi connectivity index (χ1n) is 8.88. The molecule has 0 aliphatic carbocycles. The monoisotopic (exact) mass is 368 g/mol. The second-order valence-corrected chi connectivity index (χ2v) is 6.68. The summed E-state index contributed by atoms with van der Waals surface area (Å²) in [4.78, 5) is 12.6. The molecule has 1 N–H and O–H groups in total. The van der Waals surface area contributed by atoms with Crippen molar-refractivity contribution in [2.24, 2.45) is 0 Å². The van der Waals surface area contributed by atoms with Gasteiger partial charge in [0, 0.05) is 18.4 Å². The average Bonchev–Trinajstić information content (AvgIpc) is 3.24. The lowest BCUT2D eigenvalue weighted by atomic mass is 10.1. The molecule has 0 saturated carbocycles. The Morgan fingerprint density at radius 2 is 2.00 bits per heavy atom. The van der Waals surface area contributed by atoms with Crippen LogP contribution < -0.4 is 10.1 Å². The van der Waals surface area contributed by atoms with Gasteiger partial charge in [0.05, 0.1) is 12.1 Å². The minimum Gasteiger partial charge on any atom is -0.488 e. The van der Waals surface area contributed by atoms with E-state index in [1.54, 1.807) is 17.8 Å². The summed E-state index contributed by atoms with van der Waals surface area (Å²) in [7, 11) is 0. The number of hydrogen-bond acceptors (Lipinski definition) is 5. The molecule has 0 fully saturated rings. The third kappa shape index (κ3) is 4.36. The Kier molecular flexibility index (Phi) is 5.59. The predicted molar refractivity (Wildman–Crippen MR) is 101 cm³/mol. The summed E-state index contributed by atoms with van der Waals surface area (Å²) < 4.78 is 13.0. The summed E-state index contributed by atoms with van der Waals surface area (Å²) >= 11 is 0. The van der Waals surface area contributed by atoms with Crippen molar-refractivity contribution in [1.29, 1.82) is 0 Å². The van der Waals surface area contributed by atoms with Crippen molar-refractivity contribution in [3.05, 3.63) is 64.8 Å². The summed E-state index contributed by atoms with van der Waals surface area (Å²) in [6.07, 6.45) is 3.56. The number of ether oxygens (including phenoxy) is 1. The molecule has 1 atom stereocenters. The van der Waals surface area contributed by atoms with Crippen LogP contribution in [0.3, 0.4) is 0 Å². The first-order chi connectivity index (χ1) is 13.0. The lowest BCUT2D eigenvalue weighted by Crippen LogP contribution is -2.36. The molecule has 3 rings (SSSR count). The molecular formula is C20H24N4O3. The van der Waals surface area contributed by atoms with Gasteiger partial charge in [0.25, 0.3) is 5.91 Å². The highest BCUT2D eigenvalue weighted by molar-refractivity contribution is 5.93. The molecule has 2 heterocycles. The smallest absolute Gasteiger partial charge is 0.274 e. The zero-order valence-electron chi connectivity index (χ0n) is 16.0. The molecule has 0 aliphatic rings. The maximum Gasteiger partial charge on any atom is 0.274 e. The van der Waals surface area contributed by atoms with Crippen LogP contribution >= 0.6 is 0 Å². The lowest BCUT2D eigenvalue weighted by molar-refractivity contribution is 0.0924. The van der Waals surface area contributed by atoms with Gasteiger partial charge in [-0.15, -0.1) is 0 Å². The minimum atomic E-state index is -0.286. The number of nitrogens with zero attached hydrogens (tertiary/aromatic N) is 3. The molecule has 0 radical (unpaired) electrons. The van der Waals surface area contributed by atoms with Gasteiger partial charge in [0.1, 0.15) is 18.1 Å². The molecule has 0 spiro atoms. The third-order valence-electron chi connectivity index (χ3n) is 4.37. The van der Waals surface area contributed by atoms with Crippen LogP contribution in [0.2, 0.25) is 0 Å². The highest BCUT2D eigenvalue weighted by atomic mass is 16.5. The third-order valence-corrected chi connectivity index (χ3v) is 4.37. The molecule has 1 amide bonds. The summed E-state index contributed by atoms with van der Waals surface area (Å²) in [5, 5.41) is 11.0. The van der Waals surface area contributed by atoms with E-state index < -0.39 is 0 Å². The fourth-order valence-electron chi connectivity index (χ4n) is 2.94. The summed E-state index contributed by atoms with van der Waals surface area (Å²) in [5.41, 5.74) is 3.00. The number of nitrogens with one attached hydrogen (secondary N) is 1. The molecule has 7 heteroatoms. The first-order valence-corrected chi connectivity index (χ1v) is 8.88. The summed E-state index contributed by atoms with van der Waals surface area (Å²) in [6, 6.07) is 7.71. The van der Waals surface area contributed by atoms with Crippen LogP contribution in [0.25, 0.3) is 0 Å². The number of para-hydroxylation sites is 1. The molecule has 142 valence electrons. The van der Waals surface area contributed by atoms with Gasteiger partial charge in [-0.25, -0.2) is 0 Å². The maximum absolute atomic E-state index is 12.6. The standard InChI is InChI=1S/C20H24N4O3/c1-13-7-5-8-14(2)19(13)26-12-17-16(4)27-23-18(17)20(25)22-15(3)11-24-10-6-9-21-24/h5-10,15H,11-12H2,1-4H3,(H,22,25). The fourth-order valence-corrected chi connectivity index (χ4v) is 2.94. The second-order valence-electron chi connectivity index (χ2n) is 6.68. The van der Waals surface area contributed by atoms with E-state index in [2.05, 4.69) is 15.6 Å². The number of carbonyl (C=O) groups excluding carboxylic acids is 1. The van der Waals surface area contributed by atoms with Gasteiger partial charge in [0.2, 0.25) is 0 Å². The van der Waals surface area contributed by atoms with E-state index in [-0.39, 0.29) is 24.2 Å². The molecular weight excluding hydrogens is 344 g/mol. The highest BCUT2D eigenvalue weighted by Gasteiger charge is 2.22. The van der Waals surface area contributed by atoms with E-state index in [4.69, 9.17) is 9.26 Å². The number of carbonyl (C=O) groups is 1. The number of aryl methyl sites for hydroxylation is 3. The summed E-state index contributed by atoms with van der Waals surface area (Å²) in [5.74, 6) is 1.11. The van der Waals surface area contributed by atoms with E-state index in [9.17, 15) is 4.79 Å². The SMILES string of the molecule is Cc1cccc(C)c1OCc1c(C(=O)NC(C)Cn2cccn2)noc1C. The van der Waals surface area contributed by atoms with Crippen molar-refractivity contribution >= 4 is 5.91 Å². The molecule has 0 saturated heterocycles. The van der Waals surface area contributed by atoms with Crippen molar-refractivity contribution in [2.75, 3.05) is 0 Å². The van der Waals surface area contributed by atoms with Gasteiger partial charge in [-0.3, -0.25) is 9.48 Å². The normalized spacial score (nSPS) is 12.0. The van der Waals surface area contributed by atoms with E-state index in [0.29, 0.717) is 17.9 Å². The minimum absolute atomic E-state index is 0.109. The van der Waals surface area contributed by atoms with Crippen LogP contribution in [-0.2, 0) is 13.2 Å². The van der Waals surface area contributed by atoms with Crippen molar-refractivity contribution in [3.63, 3.8) is 0 Å². The number of aromatic nitrogens is 3. The van der Waals surface area contributed by atoms with Gasteiger partial charge in [-0.2, -0.15) is 5.10 Å². The molecule has 2 aromatic heterocycles. The van der Waals surface area contributed by atoms with Gasteiger partial charge >= 0.3 is 0 Å². The zero-order valence-corrected chi connectivity index (χ0v) is 16.0. The van der Waals surface area contributed by atoms with Crippen LogP contribution in [0.15, 0.2) is 41.2 Å². The van der Waals surface area contributed by atoms with Crippen LogP contribution in [0, 0.1) is 20.8 Å². The predicted octanol–water partition coefficient (Wildman–Crippen LogP) is 3.19. The van der Waals surface area contributed by atoms with E-state index in [1.165, 1.54) is 0 Å². The Labute approximate surface area is 158 Å². The van der Waals surface area contributed by atoms with Crippen LogP contribution in [0.1, 0.15) is 39.9 Å². The molecule has 1 unspecified atom stereocenters. The van der Waals surface area contributed by atoms with Crippen LogP contribution in [-0.4, -0.2) is 26.9 Å². The molecule has 3 aromatic rings. The van der Waals surface area contributed by atoms with Crippen LogP contribution in [0.4, 0.5) is 0 Å². The van der Waals surface area contributed by atoms with E-state index in [0.717, 1.165) is 16.9 Å². The van der Waals surface area contributed by atoms with Gasteiger partial charge in [0.15, 0.2) is 5.69 Å². The van der Waals surface area contributed by atoms with Gasteiger partial charge < -0.3 is 14.6 Å². The number of amides is 1. The number of benzene rings is 1. The van der Waals surface area contributed by atoms with Crippen molar-refractivity contribution in [2.45, 2.75) is 46.9 Å². The van der Waals surface area contributed by atoms with Gasteiger partial charge in [-0.05, 0) is 44.9 Å².